The number of allylic oxidation sites excluding steroid dienone is 1. The first-order chi connectivity index (χ1) is 11.9. The van der Waals surface area contributed by atoms with Crippen molar-refractivity contribution in [1.29, 1.82) is 0 Å². The maximum atomic E-state index is 10.0. The fourth-order valence-corrected chi connectivity index (χ4v) is 2.48. The molecule has 0 bridgehead atoms. The predicted molar refractivity (Wildman–Crippen MR) is 87.0 cm³/mol. The second kappa shape index (κ2) is 8.61. The molecule has 0 amide bonds. The number of aliphatic hydroxyl groups is 5. The van der Waals surface area contributed by atoms with Crippen molar-refractivity contribution in [2.45, 2.75) is 44.1 Å². The summed E-state index contributed by atoms with van der Waals surface area (Å²) in [5.74, 6) is 0.315. The van der Waals surface area contributed by atoms with Crippen molar-refractivity contribution < 1.29 is 40.1 Å². The number of hydrogen-bond donors (Lipinski definition) is 6. The van der Waals surface area contributed by atoms with Crippen molar-refractivity contribution in [2.75, 3.05) is 13.2 Å². The summed E-state index contributed by atoms with van der Waals surface area (Å²) in [4.78, 5) is 0. The molecule has 25 heavy (non-hydrogen) atoms. The molecule has 1 aliphatic rings. The molecule has 0 radical (unpaired) electrons. The van der Waals surface area contributed by atoms with Crippen LogP contribution in [0.2, 0.25) is 0 Å². The lowest BCUT2D eigenvalue weighted by molar-refractivity contribution is -0.277. The van der Waals surface area contributed by atoms with Gasteiger partial charge in [0.25, 0.3) is 0 Å². The molecule has 1 aliphatic heterocycles. The predicted octanol–water partition coefficient (Wildman–Crippen LogP) is -0.948. The normalized spacial score (nSPS) is 30.3. The maximum absolute atomic E-state index is 10.0. The van der Waals surface area contributed by atoms with Gasteiger partial charge in [0.05, 0.1) is 13.2 Å². The van der Waals surface area contributed by atoms with Crippen molar-refractivity contribution in [2.24, 2.45) is 0 Å². The lowest BCUT2D eigenvalue weighted by atomic mass is 9.99. The molecule has 1 fully saturated rings. The smallest absolute Gasteiger partial charge is 0.229 e. The Hall–Kier alpha value is -1.68. The SMILES string of the molecule is C/C(=C/Cc1cc(O)ccc1O[C@@H]1O[C@H](CO)[C@@H](O)[C@H](O)[C@H]1O)CO. The minimum absolute atomic E-state index is 0.0196. The van der Waals surface area contributed by atoms with Gasteiger partial charge in [0.15, 0.2) is 0 Å². The lowest BCUT2D eigenvalue weighted by Gasteiger charge is -2.39. The Kier molecular flexibility index (Phi) is 6.77. The largest absolute Gasteiger partial charge is 0.508 e. The molecular weight excluding hydrogens is 332 g/mol. The highest BCUT2D eigenvalue weighted by Gasteiger charge is 2.44. The Morgan fingerprint density at radius 1 is 1.16 bits per heavy atom. The monoisotopic (exact) mass is 356 g/mol. The summed E-state index contributed by atoms with van der Waals surface area (Å²) >= 11 is 0. The number of phenols is 1. The first-order valence-electron chi connectivity index (χ1n) is 7.93. The molecule has 0 unspecified atom stereocenters. The zero-order valence-corrected chi connectivity index (χ0v) is 13.8. The highest BCUT2D eigenvalue weighted by Crippen LogP contribution is 2.29. The Balaban J connectivity index is 2.21. The van der Waals surface area contributed by atoms with Crippen molar-refractivity contribution in [3.63, 3.8) is 0 Å². The third-order valence-corrected chi connectivity index (χ3v) is 4.06. The van der Waals surface area contributed by atoms with Gasteiger partial charge in [-0.2, -0.15) is 0 Å². The summed E-state index contributed by atoms with van der Waals surface area (Å²) in [6, 6.07) is 4.35. The van der Waals surface area contributed by atoms with Gasteiger partial charge < -0.3 is 40.1 Å². The Morgan fingerprint density at radius 2 is 1.88 bits per heavy atom. The molecule has 1 heterocycles. The van der Waals surface area contributed by atoms with Crippen LogP contribution in [0, 0.1) is 0 Å². The van der Waals surface area contributed by atoms with Crippen LogP contribution in [0.5, 0.6) is 11.5 Å². The van der Waals surface area contributed by atoms with Crippen LogP contribution in [0.1, 0.15) is 12.5 Å². The van der Waals surface area contributed by atoms with Gasteiger partial charge in [-0.25, -0.2) is 0 Å². The fraction of sp³-hybridized carbons (Fsp3) is 0.529. The second-order valence-corrected chi connectivity index (χ2v) is 6.02. The van der Waals surface area contributed by atoms with E-state index in [1.165, 1.54) is 18.2 Å². The molecule has 0 aliphatic carbocycles. The van der Waals surface area contributed by atoms with Crippen molar-refractivity contribution in [3.05, 3.63) is 35.4 Å². The van der Waals surface area contributed by atoms with Gasteiger partial charge in [0, 0.05) is 5.56 Å². The fourth-order valence-electron chi connectivity index (χ4n) is 2.48. The number of aliphatic hydroxyl groups excluding tert-OH is 5. The average molecular weight is 356 g/mol. The van der Waals surface area contributed by atoms with Gasteiger partial charge in [0.2, 0.25) is 6.29 Å². The van der Waals surface area contributed by atoms with Crippen molar-refractivity contribution >= 4 is 0 Å². The molecule has 1 aromatic carbocycles. The molecule has 2 rings (SSSR count). The molecule has 140 valence electrons. The highest BCUT2D eigenvalue weighted by atomic mass is 16.7. The molecule has 8 nitrogen and oxygen atoms in total. The van der Waals surface area contributed by atoms with E-state index in [-0.39, 0.29) is 12.4 Å². The van der Waals surface area contributed by atoms with Gasteiger partial charge in [-0.05, 0) is 31.5 Å². The summed E-state index contributed by atoms with van der Waals surface area (Å²) in [5, 5.41) is 57.6. The van der Waals surface area contributed by atoms with Crippen molar-refractivity contribution in [1.82, 2.24) is 0 Å². The van der Waals surface area contributed by atoms with E-state index in [1.54, 1.807) is 13.0 Å². The molecule has 6 N–H and O–H groups in total. The Bertz CT molecular complexity index is 600. The van der Waals surface area contributed by atoms with Crippen LogP contribution in [-0.2, 0) is 11.2 Å². The quantitative estimate of drug-likeness (QED) is 0.359. The number of phenolic OH excluding ortho intramolecular Hbond substituents is 1. The number of hydrogen-bond acceptors (Lipinski definition) is 8. The van der Waals surface area contributed by atoms with E-state index in [0.717, 1.165) is 5.57 Å². The number of ether oxygens (including phenoxy) is 2. The second-order valence-electron chi connectivity index (χ2n) is 6.02. The third kappa shape index (κ3) is 4.69. The lowest BCUT2D eigenvalue weighted by Crippen LogP contribution is -2.60. The minimum Gasteiger partial charge on any atom is -0.508 e. The van der Waals surface area contributed by atoms with Crippen LogP contribution < -0.4 is 4.74 Å². The van der Waals surface area contributed by atoms with E-state index < -0.39 is 37.3 Å². The molecular formula is C17H24O8. The molecule has 1 saturated heterocycles. The Labute approximate surface area is 145 Å². The maximum Gasteiger partial charge on any atom is 0.229 e. The molecule has 5 atom stereocenters. The van der Waals surface area contributed by atoms with Crippen LogP contribution >= 0.6 is 0 Å². The van der Waals surface area contributed by atoms with Crippen LogP contribution in [-0.4, -0.2) is 74.6 Å². The summed E-state index contributed by atoms with van der Waals surface area (Å²) in [7, 11) is 0. The van der Waals surface area contributed by atoms with Gasteiger partial charge in [-0.3, -0.25) is 0 Å². The molecule has 0 aromatic heterocycles. The summed E-state index contributed by atoms with van der Waals surface area (Å²) < 4.78 is 10.9. The standard InChI is InChI=1S/C17H24O8/c1-9(7-18)2-3-10-6-11(20)4-5-12(10)24-17-16(23)15(22)14(21)13(8-19)25-17/h2,4-6,13-23H,3,7-8H2,1H3/b9-2-/t13-,14-,15+,16-,17-/m1/s1. The molecule has 1 aromatic rings. The van der Waals surface area contributed by atoms with E-state index in [2.05, 4.69) is 0 Å². The van der Waals surface area contributed by atoms with E-state index >= 15 is 0 Å². The number of rotatable bonds is 6. The zero-order valence-electron chi connectivity index (χ0n) is 13.8. The first kappa shape index (κ1) is 19.6. The van der Waals surface area contributed by atoms with Gasteiger partial charge in [0.1, 0.15) is 35.9 Å². The average Bonchev–Trinajstić information content (AvgIpc) is 2.61. The Morgan fingerprint density at radius 3 is 2.52 bits per heavy atom. The van der Waals surface area contributed by atoms with E-state index in [9.17, 15) is 25.5 Å². The third-order valence-electron chi connectivity index (χ3n) is 4.06. The van der Waals surface area contributed by atoms with Crippen LogP contribution in [0.4, 0.5) is 0 Å². The van der Waals surface area contributed by atoms with Gasteiger partial charge in [-0.15, -0.1) is 0 Å². The van der Waals surface area contributed by atoms with Gasteiger partial charge in [-0.1, -0.05) is 11.6 Å². The summed E-state index contributed by atoms with van der Waals surface area (Å²) in [5.41, 5.74) is 1.31. The van der Waals surface area contributed by atoms with Crippen LogP contribution in [0.3, 0.4) is 0 Å². The van der Waals surface area contributed by atoms with Crippen LogP contribution in [0.25, 0.3) is 0 Å². The zero-order chi connectivity index (χ0) is 18.6. The van der Waals surface area contributed by atoms with E-state index in [0.29, 0.717) is 17.7 Å². The molecule has 8 heteroatoms. The number of aromatic hydroxyl groups is 1. The first-order valence-corrected chi connectivity index (χ1v) is 7.93. The number of benzene rings is 1. The summed E-state index contributed by atoms with van der Waals surface area (Å²) in [6.45, 7) is 1.11. The van der Waals surface area contributed by atoms with Crippen LogP contribution in [0.15, 0.2) is 29.8 Å². The van der Waals surface area contributed by atoms with Gasteiger partial charge >= 0.3 is 0 Å². The van der Waals surface area contributed by atoms with E-state index in [4.69, 9.17) is 14.6 Å². The van der Waals surface area contributed by atoms with Crippen molar-refractivity contribution in [3.8, 4) is 11.5 Å². The minimum atomic E-state index is -1.53. The highest BCUT2D eigenvalue weighted by molar-refractivity contribution is 5.41. The molecule has 0 spiro atoms. The molecule has 0 saturated carbocycles. The summed E-state index contributed by atoms with van der Waals surface area (Å²) in [6.07, 6.45) is -4.78. The topological polar surface area (TPSA) is 140 Å². The van der Waals surface area contributed by atoms with E-state index in [1.807, 2.05) is 0 Å².